The zero-order chi connectivity index (χ0) is 15.7. The molecule has 0 fully saturated rings. The highest BCUT2D eigenvalue weighted by atomic mass is 127. The summed E-state index contributed by atoms with van der Waals surface area (Å²) in [7, 11) is 0. The van der Waals surface area contributed by atoms with Crippen LogP contribution < -0.4 is 0 Å². The number of aliphatic hydroxyl groups is 1. The molecular weight excluding hydrogens is 403 g/mol. The molecule has 0 radical (unpaired) electrons. The number of aromatic carboxylic acids is 1. The Hall–Kier alpha value is -1.11. The molecule has 5 heteroatoms. The molecule has 0 spiro atoms. The monoisotopic (exact) mass is 416 g/mol. The van der Waals surface area contributed by atoms with Crippen molar-refractivity contribution >= 4 is 40.2 Å². The van der Waals surface area contributed by atoms with Gasteiger partial charge in [0, 0.05) is 14.2 Å². The number of hydrogen-bond donors (Lipinski definition) is 2. The summed E-state index contributed by atoms with van der Waals surface area (Å²) >= 11 is 8.33. The van der Waals surface area contributed by atoms with Crippen molar-refractivity contribution in [1.29, 1.82) is 0 Å². The van der Waals surface area contributed by atoms with Crippen LogP contribution in [0, 0.1) is 17.4 Å². The number of aliphatic hydroxyl groups excluding tert-OH is 1. The lowest BCUT2D eigenvalue weighted by Gasteiger charge is -2.19. The first-order valence-electron chi connectivity index (χ1n) is 6.28. The SMILES string of the molecule is Cc1cc(C(=O)O)cc(C)c1C(O)c1cc(I)ccc1Cl. The maximum Gasteiger partial charge on any atom is 0.335 e. The third kappa shape index (κ3) is 3.39. The van der Waals surface area contributed by atoms with Gasteiger partial charge in [-0.25, -0.2) is 4.79 Å². The lowest BCUT2D eigenvalue weighted by atomic mass is 9.91. The minimum atomic E-state index is -0.977. The van der Waals surface area contributed by atoms with Crippen LogP contribution in [0.15, 0.2) is 30.3 Å². The summed E-state index contributed by atoms with van der Waals surface area (Å²) in [6.07, 6.45) is -0.880. The van der Waals surface area contributed by atoms with Crippen molar-refractivity contribution in [3.8, 4) is 0 Å². The van der Waals surface area contributed by atoms with Crippen molar-refractivity contribution in [2.75, 3.05) is 0 Å². The van der Waals surface area contributed by atoms with Crippen LogP contribution in [0.3, 0.4) is 0 Å². The van der Waals surface area contributed by atoms with Crippen LogP contribution in [0.5, 0.6) is 0 Å². The summed E-state index contributed by atoms with van der Waals surface area (Å²) in [4.78, 5) is 11.1. The first kappa shape index (κ1) is 16.3. The van der Waals surface area contributed by atoms with Crippen LogP contribution in [-0.4, -0.2) is 16.2 Å². The Labute approximate surface area is 141 Å². The van der Waals surface area contributed by atoms with Crippen molar-refractivity contribution in [2.45, 2.75) is 20.0 Å². The molecule has 3 nitrogen and oxygen atoms in total. The summed E-state index contributed by atoms with van der Waals surface area (Å²) in [6, 6.07) is 8.58. The lowest BCUT2D eigenvalue weighted by molar-refractivity contribution is 0.0696. The largest absolute Gasteiger partial charge is 0.478 e. The van der Waals surface area contributed by atoms with Crippen molar-refractivity contribution < 1.29 is 15.0 Å². The molecule has 0 saturated heterocycles. The average molecular weight is 417 g/mol. The second-order valence-corrected chi connectivity index (χ2v) is 6.55. The Bertz CT molecular complexity index is 690. The molecule has 0 aliphatic heterocycles. The second-order valence-electron chi connectivity index (χ2n) is 4.90. The van der Waals surface area contributed by atoms with Gasteiger partial charge >= 0.3 is 5.97 Å². The van der Waals surface area contributed by atoms with Gasteiger partial charge in [-0.3, -0.25) is 0 Å². The number of rotatable bonds is 3. The van der Waals surface area contributed by atoms with Gasteiger partial charge in [0.2, 0.25) is 0 Å². The number of hydrogen-bond acceptors (Lipinski definition) is 2. The van der Waals surface area contributed by atoms with E-state index in [-0.39, 0.29) is 5.56 Å². The zero-order valence-corrected chi connectivity index (χ0v) is 14.4. The molecule has 0 aliphatic rings. The van der Waals surface area contributed by atoms with Gasteiger partial charge in [-0.15, -0.1) is 0 Å². The smallest absolute Gasteiger partial charge is 0.335 e. The summed E-state index contributed by atoms with van der Waals surface area (Å²) in [5.74, 6) is -0.977. The van der Waals surface area contributed by atoms with Gasteiger partial charge in [-0.2, -0.15) is 0 Å². The molecule has 0 aromatic heterocycles. The van der Waals surface area contributed by atoms with Crippen LogP contribution in [0.4, 0.5) is 0 Å². The van der Waals surface area contributed by atoms with E-state index < -0.39 is 12.1 Å². The zero-order valence-electron chi connectivity index (χ0n) is 11.5. The molecule has 1 atom stereocenters. The van der Waals surface area contributed by atoms with Crippen molar-refractivity contribution in [3.05, 3.63) is 66.7 Å². The summed E-state index contributed by atoms with van der Waals surface area (Å²) < 4.78 is 0.975. The quantitative estimate of drug-likeness (QED) is 0.732. The van der Waals surface area contributed by atoms with Crippen LogP contribution >= 0.6 is 34.2 Å². The highest BCUT2D eigenvalue weighted by Gasteiger charge is 2.20. The topological polar surface area (TPSA) is 57.5 Å². The van der Waals surface area contributed by atoms with E-state index in [0.717, 1.165) is 14.7 Å². The average Bonchev–Trinajstić information content (AvgIpc) is 2.40. The Morgan fingerprint density at radius 3 is 2.29 bits per heavy atom. The number of carboxylic acids is 1. The first-order valence-corrected chi connectivity index (χ1v) is 7.74. The number of carboxylic acid groups (broad SMARTS) is 1. The Morgan fingerprint density at radius 2 is 1.76 bits per heavy atom. The molecule has 110 valence electrons. The molecular formula is C16H14ClIO3. The Kier molecular flexibility index (Phi) is 4.91. The van der Waals surface area contributed by atoms with Crippen LogP contribution in [0.25, 0.3) is 0 Å². The number of carbonyl (C=O) groups is 1. The molecule has 0 heterocycles. The van der Waals surface area contributed by atoms with Gasteiger partial charge in [0.1, 0.15) is 6.10 Å². The third-order valence-electron chi connectivity index (χ3n) is 3.37. The molecule has 0 bridgehead atoms. The second kappa shape index (κ2) is 6.34. The normalized spacial score (nSPS) is 12.2. The lowest BCUT2D eigenvalue weighted by Crippen LogP contribution is -2.08. The van der Waals surface area contributed by atoms with Gasteiger partial charge in [0.05, 0.1) is 5.56 Å². The molecule has 1 unspecified atom stereocenters. The molecule has 2 aromatic rings. The first-order chi connectivity index (χ1) is 9.81. The minimum absolute atomic E-state index is 0.217. The fraction of sp³-hybridized carbons (Fsp3) is 0.188. The van der Waals surface area contributed by atoms with E-state index >= 15 is 0 Å². The van der Waals surface area contributed by atoms with Crippen LogP contribution in [0.2, 0.25) is 5.02 Å². The van der Waals surface area contributed by atoms with E-state index in [9.17, 15) is 9.90 Å². The Morgan fingerprint density at radius 1 is 1.19 bits per heavy atom. The van der Waals surface area contributed by atoms with Crippen LogP contribution in [0.1, 0.15) is 38.7 Å². The highest BCUT2D eigenvalue weighted by molar-refractivity contribution is 14.1. The van der Waals surface area contributed by atoms with Gasteiger partial charge in [-0.05, 0) is 83.5 Å². The van der Waals surface area contributed by atoms with Crippen LogP contribution in [-0.2, 0) is 0 Å². The number of halogens is 2. The van der Waals surface area contributed by atoms with Gasteiger partial charge in [0.15, 0.2) is 0 Å². The van der Waals surface area contributed by atoms with E-state index in [0.29, 0.717) is 16.1 Å². The van der Waals surface area contributed by atoms with Gasteiger partial charge in [-0.1, -0.05) is 11.6 Å². The highest BCUT2D eigenvalue weighted by Crippen LogP contribution is 2.33. The third-order valence-corrected chi connectivity index (χ3v) is 4.38. The van der Waals surface area contributed by atoms with E-state index in [4.69, 9.17) is 16.7 Å². The fourth-order valence-electron chi connectivity index (χ4n) is 2.41. The van der Waals surface area contributed by atoms with E-state index in [1.165, 1.54) is 0 Å². The van der Waals surface area contributed by atoms with Crippen molar-refractivity contribution in [1.82, 2.24) is 0 Å². The minimum Gasteiger partial charge on any atom is -0.478 e. The molecule has 2 aromatic carbocycles. The van der Waals surface area contributed by atoms with E-state index in [2.05, 4.69) is 22.6 Å². The predicted molar refractivity (Wildman–Crippen MR) is 91.1 cm³/mol. The summed E-state index contributed by atoms with van der Waals surface area (Å²) in [6.45, 7) is 3.58. The fourth-order valence-corrected chi connectivity index (χ4v) is 3.15. The predicted octanol–water partition coefficient (Wildman–Crippen LogP) is 4.34. The standard InChI is InChI=1S/C16H14ClIO3/c1-8-5-10(16(20)21)6-9(2)14(8)15(19)12-7-11(18)3-4-13(12)17/h3-7,15,19H,1-2H3,(H,20,21). The molecule has 21 heavy (non-hydrogen) atoms. The maximum absolute atomic E-state index is 11.1. The van der Waals surface area contributed by atoms with E-state index in [1.54, 1.807) is 32.0 Å². The van der Waals surface area contributed by atoms with Gasteiger partial charge < -0.3 is 10.2 Å². The number of benzene rings is 2. The van der Waals surface area contributed by atoms with Gasteiger partial charge in [0.25, 0.3) is 0 Å². The molecule has 0 aliphatic carbocycles. The van der Waals surface area contributed by atoms with Crippen molar-refractivity contribution in [3.63, 3.8) is 0 Å². The Balaban J connectivity index is 2.56. The molecule has 0 saturated carbocycles. The summed E-state index contributed by atoms with van der Waals surface area (Å²) in [5.41, 5.74) is 3.00. The number of aryl methyl sites for hydroxylation is 2. The maximum atomic E-state index is 11.1. The molecule has 2 N–H and O–H groups in total. The summed E-state index contributed by atoms with van der Waals surface area (Å²) in [5, 5.41) is 20.2. The molecule has 2 rings (SSSR count). The molecule has 0 amide bonds. The van der Waals surface area contributed by atoms with E-state index in [1.807, 2.05) is 12.1 Å². The van der Waals surface area contributed by atoms with Crippen molar-refractivity contribution in [2.24, 2.45) is 0 Å².